The van der Waals surface area contributed by atoms with Gasteiger partial charge in [0, 0.05) is 51.2 Å². The van der Waals surface area contributed by atoms with Gasteiger partial charge in [0.1, 0.15) is 11.5 Å². The Balaban J connectivity index is 0.000000135. The number of ether oxygens (including phenoxy) is 2. The fraction of sp³-hybridized carbons (Fsp3) is 0.0952. The maximum absolute atomic E-state index is 6.48. The molecule has 6 aromatic carbocycles. The molecule has 10 rings (SSSR count). The van der Waals surface area contributed by atoms with Crippen molar-refractivity contribution in [3.8, 4) is 22.8 Å². The van der Waals surface area contributed by atoms with Crippen molar-refractivity contribution in [3.05, 3.63) is 180 Å². The molecule has 0 amide bonds. The third kappa shape index (κ3) is 5.70. The summed E-state index contributed by atoms with van der Waals surface area (Å²) >= 11 is 14.3. The van der Waals surface area contributed by atoms with Gasteiger partial charge in [-0.25, -0.2) is 0 Å². The molecule has 0 saturated heterocycles. The summed E-state index contributed by atoms with van der Waals surface area (Å²) in [4.78, 5) is 2.42. The largest absolute Gasteiger partial charge is 0.466 e. The molecule has 0 aliphatic carbocycles. The van der Waals surface area contributed by atoms with E-state index in [0.29, 0.717) is 6.04 Å². The lowest BCUT2D eigenvalue weighted by molar-refractivity contribution is 0.167. The van der Waals surface area contributed by atoms with Gasteiger partial charge in [-0.05, 0) is 84.8 Å². The lowest BCUT2D eigenvalue weighted by Crippen LogP contribution is -2.37. The molecule has 0 bridgehead atoms. The Hall–Kier alpha value is -3.82. The summed E-state index contributed by atoms with van der Waals surface area (Å²) < 4.78 is 19.5. The van der Waals surface area contributed by atoms with E-state index in [1.807, 2.05) is 18.2 Å². The standard InChI is InChI=1S/C21H15Br2NO.C21H13Br2NO/c2*22-15-7-9-18-14(10-15)11-19-17-8-6-16(23)12-20(17)25-21(24(18)19)13-4-2-1-3-5-13/h1-10,12,19,21H,11H2;1-12,21H/t19-,21+;21-/m10/s1. The molecule has 3 aliphatic rings. The van der Waals surface area contributed by atoms with Crippen LogP contribution in [0.2, 0.25) is 0 Å². The van der Waals surface area contributed by atoms with Crippen molar-refractivity contribution in [2.75, 3.05) is 4.90 Å². The van der Waals surface area contributed by atoms with Gasteiger partial charge in [0.05, 0.1) is 17.3 Å². The second-order valence-corrected chi connectivity index (χ2v) is 16.3. The van der Waals surface area contributed by atoms with E-state index in [2.05, 4.69) is 195 Å². The molecule has 3 aliphatic heterocycles. The van der Waals surface area contributed by atoms with Gasteiger partial charge in [-0.3, -0.25) is 0 Å². The van der Waals surface area contributed by atoms with Crippen LogP contribution in [0.5, 0.6) is 11.5 Å². The third-order valence-electron chi connectivity index (χ3n) is 9.56. The van der Waals surface area contributed by atoms with Crippen molar-refractivity contribution in [3.63, 3.8) is 0 Å². The maximum Gasteiger partial charge on any atom is 0.203 e. The fourth-order valence-electron chi connectivity index (χ4n) is 7.38. The highest BCUT2D eigenvalue weighted by atomic mass is 79.9. The highest BCUT2D eigenvalue weighted by Crippen LogP contribution is 2.52. The number of hydrogen-bond acceptors (Lipinski definition) is 3. The van der Waals surface area contributed by atoms with Crippen molar-refractivity contribution in [2.24, 2.45) is 0 Å². The number of benzene rings is 6. The van der Waals surface area contributed by atoms with Gasteiger partial charge in [0.25, 0.3) is 0 Å². The number of hydrogen-bond donors (Lipinski definition) is 0. The molecule has 1 aromatic heterocycles. The topological polar surface area (TPSA) is 26.6 Å². The van der Waals surface area contributed by atoms with Crippen LogP contribution in [0.3, 0.4) is 0 Å². The van der Waals surface area contributed by atoms with Crippen LogP contribution in [0, 0.1) is 0 Å². The first-order valence-electron chi connectivity index (χ1n) is 16.3. The Morgan fingerprint density at radius 3 is 1.90 bits per heavy atom. The summed E-state index contributed by atoms with van der Waals surface area (Å²) in [7, 11) is 0. The van der Waals surface area contributed by atoms with E-state index in [-0.39, 0.29) is 12.5 Å². The predicted octanol–water partition coefficient (Wildman–Crippen LogP) is 13.2. The Labute approximate surface area is 324 Å². The van der Waals surface area contributed by atoms with E-state index >= 15 is 0 Å². The van der Waals surface area contributed by atoms with Crippen LogP contribution in [0.1, 0.15) is 40.8 Å². The van der Waals surface area contributed by atoms with Gasteiger partial charge in [0.2, 0.25) is 6.23 Å². The zero-order chi connectivity index (χ0) is 33.9. The van der Waals surface area contributed by atoms with E-state index in [1.54, 1.807) is 0 Å². The van der Waals surface area contributed by atoms with Gasteiger partial charge < -0.3 is 18.9 Å². The minimum atomic E-state index is -0.184. The van der Waals surface area contributed by atoms with Crippen LogP contribution in [-0.2, 0) is 6.42 Å². The lowest BCUT2D eigenvalue weighted by Gasteiger charge is -2.41. The van der Waals surface area contributed by atoms with Crippen molar-refractivity contribution < 1.29 is 9.47 Å². The molecule has 4 nitrogen and oxygen atoms in total. The van der Waals surface area contributed by atoms with Crippen LogP contribution in [-0.4, -0.2) is 4.57 Å². The summed E-state index contributed by atoms with van der Waals surface area (Å²) in [6.07, 6.45) is 0.697. The Bertz CT molecular complexity index is 2400. The SMILES string of the molecule is Brc1ccc2c(c1)C[C@@H]1c3ccc(Br)cc3O[C@@H](c3ccccc3)N21.Brc1ccc2c(c1)O[C@@H](c1ccccc1)n1c-2cc2cc(Br)ccc21. The Morgan fingerprint density at radius 1 is 0.540 bits per heavy atom. The summed E-state index contributed by atoms with van der Waals surface area (Å²) in [5.41, 5.74) is 9.64. The second kappa shape index (κ2) is 13.1. The normalized spacial score (nSPS) is 18.0. The molecule has 8 heteroatoms. The van der Waals surface area contributed by atoms with Crippen LogP contribution in [0.4, 0.5) is 5.69 Å². The van der Waals surface area contributed by atoms with E-state index in [9.17, 15) is 0 Å². The molecule has 7 aromatic rings. The number of aromatic nitrogens is 1. The zero-order valence-electron chi connectivity index (χ0n) is 26.4. The molecule has 0 N–H and O–H groups in total. The van der Waals surface area contributed by atoms with Gasteiger partial charge in [-0.15, -0.1) is 0 Å². The van der Waals surface area contributed by atoms with Crippen molar-refractivity contribution in [1.29, 1.82) is 0 Å². The average molecular weight is 912 g/mol. The van der Waals surface area contributed by atoms with E-state index in [4.69, 9.17) is 9.47 Å². The van der Waals surface area contributed by atoms with Crippen molar-refractivity contribution in [1.82, 2.24) is 4.57 Å². The van der Waals surface area contributed by atoms with Gasteiger partial charge in [-0.1, -0.05) is 130 Å². The summed E-state index contributed by atoms with van der Waals surface area (Å²) in [6.45, 7) is 0. The van der Waals surface area contributed by atoms with Crippen molar-refractivity contribution >= 4 is 80.3 Å². The molecule has 0 radical (unpaired) electrons. The number of anilines is 1. The molecule has 0 spiro atoms. The Kier molecular flexibility index (Phi) is 8.39. The summed E-state index contributed by atoms with van der Waals surface area (Å²) in [5, 5.41) is 1.20. The number of nitrogens with zero attached hydrogens (tertiary/aromatic N) is 2. The second-order valence-electron chi connectivity index (χ2n) is 12.6. The molecule has 246 valence electrons. The molecular weight excluding hydrogens is 884 g/mol. The van der Waals surface area contributed by atoms with Gasteiger partial charge >= 0.3 is 0 Å². The Morgan fingerprint density at radius 2 is 1.14 bits per heavy atom. The highest BCUT2D eigenvalue weighted by molar-refractivity contribution is 9.11. The molecule has 4 heterocycles. The van der Waals surface area contributed by atoms with Crippen LogP contribution >= 0.6 is 63.7 Å². The summed E-state index contributed by atoms with van der Waals surface area (Å²) in [6, 6.07) is 48.9. The van der Waals surface area contributed by atoms with Crippen molar-refractivity contribution in [2.45, 2.75) is 24.9 Å². The van der Waals surface area contributed by atoms with E-state index in [1.165, 1.54) is 39.0 Å². The molecule has 0 unspecified atom stereocenters. The van der Waals surface area contributed by atoms with Gasteiger partial charge in [-0.2, -0.15) is 0 Å². The smallest absolute Gasteiger partial charge is 0.203 e. The maximum atomic E-state index is 6.48. The minimum Gasteiger partial charge on any atom is -0.466 e. The average Bonchev–Trinajstić information content (AvgIpc) is 3.70. The van der Waals surface area contributed by atoms with E-state index < -0.39 is 0 Å². The first kappa shape index (κ1) is 32.1. The predicted molar refractivity (Wildman–Crippen MR) is 215 cm³/mol. The number of fused-ring (bicyclic) bond motifs is 10. The van der Waals surface area contributed by atoms with Crippen LogP contribution < -0.4 is 14.4 Å². The number of halogens is 4. The van der Waals surface area contributed by atoms with Gasteiger partial charge in [0.15, 0.2) is 6.23 Å². The first-order valence-corrected chi connectivity index (χ1v) is 19.5. The minimum absolute atomic E-state index is 0.115. The third-order valence-corrected chi connectivity index (χ3v) is 11.5. The monoisotopic (exact) mass is 908 g/mol. The molecule has 50 heavy (non-hydrogen) atoms. The first-order chi connectivity index (χ1) is 24.4. The zero-order valence-corrected chi connectivity index (χ0v) is 32.8. The van der Waals surface area contributed by atoms with Crippen LogP contribution in [0.25, 0.3) is 22.2 Å². The quantitative estimate of drug-likeness (QED) is 0.173. The molecule has 0 fully saturated rings. The van der Waals surface area contributed by atoms with Crippen LogP contribution in [0.15, 0.2) is 157 Å². The fourth-order valence-corrected chi connectivity index (χ4v) is 8.85. The molecule has 0 saturated carbocycles. The molecular formula is C42H28Br4N2O2. The highest BCUT2D eigenvalue weighted by Gasteiger charge is 2.42. The lowest BCUT2D eigenvalue weighted by atomic mass is 9.99. The summed E-state index contributed by atoms with van der Waals surface area (Å²) in [5.74, 6) is 1.87. The molecule has 3 atom stereocenters. The number of rotatable bonds is 2. The van der Waals surface area contributed by atoms with E-state index in [0.717, 1.165) is 46.9 Å².